The Morgan fingerprint density at radius 1 is 1.06 bits per heavy atom. The van der Waals surface area contributed by atoms with Gasteiger partial charge >= 0.3 is 5.97 Å². The molecular formula is C23H21F2N3O3. The van der Waals surface area contributed by atoms with Crippen molar-refractivity contribution < 1.29 is 18.3 Å². The zero-order valence-corrected chi connectivity index (χ0v) is 16.8. The Labute approximate surface area is 177 Å². The van der Waals surface area contributed by atoms with Gasteiger partial charge in [-0.05, 0) is 43.9 Å². The molecule has 2 heterocycles. The predicted molar refractivity (Wildman–Crippen MR) is 111 cm³/mol. The summed E-state index contributed by atoms with van der Waals surface area (Å²) in [5, 5.41) is 5.50. The molecule has 31 heavy (non-hydrogen) atoms. The maximum atomic E-state index is 14.5. The topological polar surface area (TPSA) is 64.4 Å². The molecule has 6 nitrogen and oxygen atoms in total. The maximum absolute atomic E-state index is 14.5. The molecule has 0 amide bonds. The summed E-state index contributed by atoms with van der Waals surface area (Å²) in [5.74, 6) is -1.22. The number of benzene rings is 2. The van der Waals surface area contributed by atoms with E-state index in [0.29, 0.717) is 29.7 Å². The molecule has 1 aliphatic carbocycles. The lowest BCUT2D eigenvalue weighted by Crippen LogP contribution is -2.42. The number of rotatable bonds is 4. The molecule has 160 valence electrons. The standard InChI is InChI=1S/C23H21F2N3O3/c24-15-9-10-20(19(25)12-15)28-22(29)18-6-2-1-5-17(18)21(26-28)27-11-3-4-16(13-27)31-23(30)14-7-8-14/h1-2,5-6,9-10,12,14,16H,3-4,7-8,11,13H2. The fourth-order valence-electron chi connectivity index (χ4n) is 4.03. The molecule has 5 rings (SSSR count). The van der Waals surface area contributed by atoms with E-state index >= 15 is 0 Å². The van der Waals surface area contributed by atoms with Crippen molar-refractivity contribution in [2.45, 2.75) is 31.8 Å². The average molecular weight is 425 g/mol. The van der Waals surface area contributed by atoms with Crippen LogP contribution < -0.4 is 10.5 Å². The van der Waals surface area contributed by atoms with Crippen LogP contribution in [0.2, 0.25) is 0 Å². The van der Waals surface area contributed by atoms with Crippen molar-refractivity contribution in [3.8, 4) is 5.69 Å². The van der Waals surface area contributed by atoms with E-state index in [1.165, 1.54) is 6.07 Å². The van der Waals surface area contributed by atoms with Gasteiger partial charge in [0.25, 0.3) is 5.56 Å². The van der Waals surface area contributed by atoms with E-state index in [2.05, 4.69) is 5.10 Å². The summed E-state index contributed by atoms with van der Waals surface area (Å²) in [6, 6.07) is 10.0. The lowest BCUT2D eigenvalue weighted by Gasteiger charge is -2.34. The number of hydrogen-bond donors (Lipinski definition) is 0. The van der Waals surface area contributed by atoms with Gasteiger partial charge in [-0.25, -0.2) is 8.78 Å². The Morgan fingerprint density at radius 3 is 2.58 bits per heavy atom. The third kappa shape index (κ3) is 3.78. The Hall–Kier alpha value is -3.29. The summed E-state index contributed by atoms with van der Waals surface area (Å²) in [6.07, 6.45) is 3.07. The van der Waals surface area contributed by atoms with Gasteiger partial charge < -0.3 is 9.64 Å². The molecule has 8 heteroatoms. The molecule has 0 N–H and O–H groups in total. The molecule has 2 aliphatic rings. The highest BCUT2D eigenvalue weighted by Gasteiger charge is 2.34. The highest BCUT2D eigenvalue weighted by Crippen LogP contribution is 2.32. The van der Waals surface area contributed by atoms with Crippen molar-refractivity contribution in [1.29, 1.82) is 0 Å². The number of anilines is 1. The average Bonchev–Trinajstić information content (AvgIpc) is 3.61. The van der Waals surface area contributed by atoms with E-state index in [0.717, 1.165) is 42.5 Å². The number of halogens is 2. The van der Waals surface area contributed by atoms with Crippen LogP contribution in [0.4, 0.5) is 14.6 Å². The van der Waals surface area contributed by atoms with Crippen LogP contribution in [0, 0.1) is 17.6 Å². The first kappa shape index (κ1) is 19.7. The summed E-state index contributed by atoms with van der Waals surface area (Å²) >= 11 is 0. The number of esters is 1. The van der Waals surface area contributed by atoms with Crippen LogP contribution >= 0.6 is 0 Å². The van der Waals surface area contributed by atoms with Crippen LogP contribution in [-0.4, -0.2) is 34.9 Å². The van der Waals surface area contributed by atoms with Gasteiger partial charge in [0.1, 0.15) is 17.6 Å². The zero-order chi connectivity index (χ0) is 21.5. The number of fused-ring (bicyclic) bond motifs is 1. The highest BCUT2D eigenvalue weighted by atomic mass is 19.1. The summed E-state index contributed by atoms with van der Waals surface area (Å²) in [6.45, 7) is 1.11. The zero-order valence-electron chi connectivity index (χ0n) is 16.8. The molecule has 0 spiro atoms. The van der Waals surface area contributed by atoms with E-state index in [9.17, 15) is 18.4 Å². The number of carbonyl (C=O) groups excluding carboxylic acids is 1. The van der Waals surface area contributed by atoms with Crippen LogP contribution in [-0.2, 0) is 9.53 Å². The Bertz CT molecular complexity index is 1220. The Morgan fingerprint density at radius 2 is 1.84 bits per heavy atom. The maximum Gasteiger partial charge on any atom is 0.309 e. The van der Waals surface area contributed by atoms with Gasteiger partial charge in [-0.2, -0.15) is 4.68 Å². The Balaban J connectivity index is 1.57. The summed E-state index contributed by atoms with van der Waals surface area (Å²) in [7, 11) is 0. The minimum absolute atomic E-state index is 0.0256. The summed E-state index contributed by atoms with van der Waals surface area (Å²) in [5.41, 5.74) is -0.606. The Kier molecular flexibility index (Phi) is 4.92. The molecule has 1 atom stereocenters. The minimum atomic E-state index is -0.870. The van der Waals surface area contributed by atoms with Crippen LogP contribution in [0.1, 0.15) is 25.7 Å². The lowest BCUT2D eigenvalue weighted by atomic mass is 10.1. The largest absolute Gasteiger partial charge is 0.460 e. The fourth-order valence-corrected chi connectivity index (χ4v) is 4.03. The molecule has 0 radical (unpaired) electrons. The minimum Gasteiger partial charge on any atom is -0.460 e. The summed E-state index contributed by atoms with van der Waals surface area (Å²) in [4.78, 5) is 27.1. The third-order valence-electron chi connectivity index (χ3n) is 5.79. The smallest absolute Gasteiger partial charge is 0.309 e. The van der Waals surface area contributed by atoms with Crippen molar-refractivity contribution in [2.75, 3.05) is 18.0 Å². The van der Waals surface area contributed by atoms with E-state index in [1.54, 1.807) is 18.2 Å². The molecule has 0 bridgehead atoms. The van der Waals surface area contributed by atoms with Crippen LogP contribution in [0.3, 0.4) is 0 Å². The summed E-state index contributed by atoms with van der Waals surface area (Å²) < 4.78 is 34.5. The van der Waals surface area contributed by atoms with Crippen molar-refractivity contribution in [3.63, 3.8) is 0 Å². The number of aromatic nitrogens is 2. The van der Waals surface area contributed by atoms with E-state index in [4.69, 9.17) is 4.74 Å². The molecule has 1 saturated carbocycles. The first-order chi connectivity index (χ1) is 15.0. The van der Waals surface area contributed by atoms with Crippen molar-refractivity contribution >= 4 is 22.6 Å². The van der Waals surface area contributed by atoms with Gasteiger partial charge in [0, 0.05) is 18.0 Å². The molecule has 1 saturated heterocycles. The van der Waals surface area contributed by atoms with Crippen molar-refractivity contribution in [3.05, 3.63) is 64.5 Å². The van der Waals surface area contributed by atoms with Gasteiger partial charge in [0.2, 0.25) is 0 Å². The van der Waals surface area contributed by atoms with Gasteiger partial charge in [0.05, 0.1) is 17.8 Å². The fraction of sp³-hybridized carbons (Fsp3) is 0.348. The highest BCUT2D eigenvalue weighted by molar-refractivity contribution is 5.91. The number of hydrogen-bond acceptors (Lipinski definition) is 5. The second kappa shape index (κ2) is 7.76. The monoisotopic (exact) mass is 425 g/mol. The van der Waals surface area contributed by atoms with E-state index in [1.807, 2.05) is 11.0 Å². The normalized spacial score (nSPS) is 18.9. The molecule has 2 aromatic carbocycles. The molecule has 3 aromatic rings. The van der Waals surface area contributed by atoms with Gasteiger partial charge in [-0.15, -0.1) is 5.10 Å². The molecule has 1 aromatic heterocycles. The van der Waals surface area contributed by atoms with Crippen molar-refractivity contribution in [2.24, 2.45) is 5.92 Å². The van der Waals surface area contributed by atoms with E-state index in [-0.39, 0.29) is 23.7 Å². The molecule has 1 aliphatic heterocycles. The van der Waals surface area contributed by atoms with Crippen LogP contribution in [0.5, 0.6) is 0 Å². The van der Waals surface area contributed by atoms with Gasteiger partial charge in [0.15, 0.2) is 11.6 Å². The van der Waals surface area contributed by atoms with E-state index < -0.39 is 17.2 Å². The van der Waals surface area contributed by atoms with Gasteiger partial charge in [-0.1, -0.05) is 18.2 Å². The SMILES string of the molecule is O=C(OC1CCCN(c2nn(-c3ccc(F)cc3F)c(=O)c3ccccc23)C1)C1CC1. The van der Waals surface area contributed by atoms with Crippen LogP contribution in [0.25, 0.3) is 16.5 Å². The van der Waals surface area contributed by atoms with Crippen LogP contribution in [0.15, 0.2) is 47.3 Å². The van der Waals surface area contributed by atoms with Gasteiger partial charge in [-0.3, -0.25) is 9.59 Å². The lowest BCUT2D eigenvalue weighted by molar-refractivity contribution is -0.151. The molecule has 1 unspecified atom stereocenters. The number of carbonyl (C=O) groups is 1. The molecular weight excluding hydrogens is 404 g/mol. The first-order valence-corrected chi connectivity index (χ1v) is 10.4. The second-order valence-corrected chi connectivity index (χ2v) is 8.10. The third-order valence-corrected chi connectivity index (χ3v) is 5.79. The quantitative estimate of drug-likeness (QED) is 0.598. The molecule has 2 fully saturated rings. The number of ether oxygens (including phenoxy) is 1. The predicted octanol–water partition coefficient (Wildman–Crippen LogP) is 3.59. The number of piperidine rings is 1. The van der Waals surface area contributed by atoms with Crippen molar-refractivity contribution in [1.82, 2.24) is 9.78 Å². The number of nitrogens with zero attached hydrogens (tertiary/aromatic N) is 3. The first-order valence-electron chi connectivity index (χ1n) is 10.4. The second-order valence-electron chi connectivity index (χ2n) is 8.10.